The zero-order chi connectivity index (χ0) is 8.15. The Hall–Kier alpha value is 0.137. The third-order valence-electron chi connectivity index (χ3n) is 1.88. The Morgan fingerprint density at radius 3 is 2.10 bits per heavy atom. The molecule has 0 fully saturated rings. The van der Waals surface area contributed by atoms with Gasteiger partial charge < -0.3 is 10.4 Å². The van der Waals surface area contributed by atoms with Crippen molar-refractivity contribution in [2.24, 2.45) is 5.92 Å². The quantitative estimate of drug-likeness (QED) is 0.538. The number of nitrogens with one attached hydrogen (secondary N) is 1. The minimum absolute atomic E-state index is 0.142. The summed E-state index contributed by atoms with van der Waals surface area (Å²) in [6.45, 7) is 4.25. The predicted octanol–water partition coefficient (Wildman–Crippen LogP) is -0.625. The maximum atomic E-state index is 9.46. The van der Waals surface area contributed by atoms with Gasteiger partial charge in [-0.3, -0.25) is 0 Å². The minimum atomic E-state index is -0.142. The van der Waals surface area contributed by atoms with Gasteiger partial charge in [-0.25, -0.2) is 0 Å². The molecule has 0 unspecified atom stereocenters. The van der Waals surface area contributed by atoms with E-state index in [0.29, 0.717) is 5.92 Å². The summed E-state index contributed by atoms with van der Waals surface area (Å²) in [7, 11) is 2.99. The first-order chi connectivity index (χ1) is 4.63. The van der Waals surface area contributed by atoms with Crippen LogP contribution in [0.4, 0.5) is 0 Å². The van der Waals surface area contributed by atoms with Gasteiger partial charge in [0.25, 0.3) is 0 Å². The van der Waals surface area contributed by atoms with Crippen molar-refractivity contribution in [3.05, 3.63) is 0 Å². The normalized spacial score (nSPS) is 17.7. The zero-order valence-electron chi connectivity index (χ0n) is 7.39. The van der Waals surface area contributed by atoms with E-state index in [2.05, 4.69) is 19.2 Å². The lowest BCUT2D eigenvalue weighted by Crippen LogP contribution is -2.41. The van der Waals surface area contributed by atoms with Crippen LogP contribution in [0, 0.1) is 5.92 Å². The smallest absolute Gasteiger partial charge is 0.0664 e. The average Bonchev–Trinajstić information content (AvgIpc) is 1.88. The molecule has 2 N–H and O–H groups in total. The maximum absolute atomic E-state index is 9.46. The van der Waals surface area contributed by atoms with Crippen molar-refractivity contribution in [3.63, 3.8) is 0 Å². The molecule has 0 heterocycles. The van der Waals surface area contributed by atoms with E-state index in [-0.39, 0.29) is 12.1 Å². The van der Waals surface area contributed by atoms with E-state index in [4.69, 9.17) is 0 Å². The Bertz CT molecular complexity index is 87.7. The molecule has 3 heteroatoms. The molecule has 0 amide bonds. The van der Waals surface area contributed by atoms with Gasteiger partial charge in [0, 0.05) is 16.3 Å². The molecule has 0 spiro atoms. The minimum Gasteiger partial charge on any atom is -0.392 e. The molecule has 0 aliphatic heterocycles. The van der Waals surface area contributed by atoms with Crippen LogP contribution < -0.4 is 5.32 Å². The third-order valence-corrected chi connectivity index (χ3v) is 2.72. The number of aliphatic hydroxyl groups excluding tert-OH is 1. The van der Waals surface area contributed by atoms with Gasteiger partial charge >= 0.3 is 0 Å². The number of hydrogen-bond donors (Lipinski definition) is 2. The van der Waals surface area contributed by atoms with Gasteiger partial charge in [-0.05, 0) is 19.0 Å². The second kappa shape index (κ2) is 4.88. The van der Waals surface area contributed by atoms with Gasteiger partial charge in [-0.2, -0.15) is 0 Å². The van der Waals surface area contributed by atoms with E-state index < -0.39 is 0 Å². The molecule has 0 rings (SSSR count). The van der Waals surface area contributed by atoms with Crippen LogP contribution in [0.25, 0.3) is 0 Å². The highest BCUT2D eigenvalue weighted by atomic mass is 28.1. The molecule has 0 aromatic rings. The van der Waals surface area contributed by atoms with Crippen molar-refractivity contribution >= 4 is 10.2 Å². The van der Waals surface area contributed by atoms with E-state index in [1.165, 1.54) is 0 Å². The molecule has 0 radical (unpaired) electrons. The van der Waals surface area contributed by atoms with Gasteiger partial charge in [-0.15, -0.1) is 0 Å². The topological polar surface area (TPSA) is 32.3 Å². The molecule has 10 heavy (non-hydrogen) atoms. The molecule has 0 saturated heterocycles. The Morgan fingerprint density at radius 2 is 2.00 bits per heavy atom. The standard InChI is InChI=1S/C7H19NOSi/c1-5(2)7(8-3)6(9)4-10/h5-9H,4H2,1-3,10H3/t6-,7+/m1/s1. The van der Waals surface area contributed by atoms with E-state index in [0.717, 1.165) is 16.3 Å². The van der Waals surface area contributed by atoms with Crippen LogP contribution in [-0.2, 0) is 0 Å². The fourth-order valence-electron chi connectivity index (χ4n) is 1.22. The molecule has 2 nitrogen and oxygen atoms in total. The number of rotatable bonds is 4. The van der Waals surface area contributed by atoms with Gasteiger partial charge in [0.05, 0.1) is 6.10 Å². The van der Waals surface area contributed by atoms with Crippen LogP contribution in [-0.4, -0.2) is 34.5 Å². The fourth-order valence-corrected chi connectivity index (χ4v) is 1.73. The summed E-state index contributed by atoms with van der Waals surface area (Å²) >= 11 is 0. The lowest BCUT2D eigenvalue weighted by Gasteiger charge is -2.24. The number of likely N-dealkylation sites (N-methyl/N-ethyl adjacent to an activating group) is 1. The third kappa shape index (κ3) is 2.81. The highest BCUT2D eigenvalue weighted by molar-refractivity contribution is 6.08. The molecular weight excluding hydrogens is 142 g/mol. The summed E-state index contributed by atoms with van der Waals surface area (Å²) in [6, 6.07) is 1.24. The summed E-state index contributed by atoms with van der Waals surface area (Å²) in [5.74, 6) is 0.522. The average molecular weight is 161 g/mol. The number of aliphatic hydroxyl groups is 1. The molecule has 0 aliphatic rings. The summed E-state index contributed by atoms with van der Waals surface area (Å²) in [5.41, 5.74) is 0. The van der Waals surface area contributed by atoms with Crippen molar-refractivity contribution < 1.29 is 5.11 Å². The van der Waals surface area contributed by atoms with Gasteiger partial charge in [-0.1, -0.05) is 13.8 Å². The molecule has 0 aliphatic carbocycles. The van der Waals surface area contributed by atoms with E-state index in [9.17, 15) is 5.11 Å². The van der Waals surface area contributed by atoms with Gasteiger partial charge in [0.15, 0.2) is 0 Å². The summed E-state index contributed by atoms with van der Waals surface area (Å²) < 4.78 is 0. The Morgan fingerprint density at radius 1 is 1.50 bits per heavy atom. The van der Waals surface area contributed by atoms with Gasteiger partial charge in [0.1, 0.15) is 0 Å². The molecule has 2 atom stereocenters. The van der Waals surface area contributed by atoms with Crippen molar-refractivity contribution in [2.45, 2.75) is 32.0 Å². The first-order valence-corrected chi connectivity index (χ1v) is 5.40. The van der Waals surface area contributed by atoms with E-state index in [1.54, 1.807) is 0 Å². The van der Waals surface area contributed by atoms with Crippen molar-refractivity contribution in [2.75, 3.05) is 7.05 Å². The Labute approximate surface area is 66.4 Å². The number of hydrogen-bond acceptors (Lipinski definition) is 2. The monoisotopic (exact) mass is 161 g/mol. The first-order valence-electron chi connectivity index (χ1n) is 3.98. The second-order valence-electron chi connectivity index (χ2n) is 3.03. The Kier molecular flexibility index (Phi) is 4.94. The molecular formula is C7H19NOSi. The van der Waals surface area contributed by atoms with Crippen LogP contribution in [0.5, 0.6) is 0 Å². The summed E-state index contributed by atoms with van der Waals surface area (Å²) in [5, 5.41) is 12.6. The molecule has 0 bridgehead atoms. The molecule has 62 valence electrons. The van der Waals surface area contributed by atoms with Crippen LogP contribution in [0.3, 0.4) is 0 Å². The lowest BCUT2D eigenvalue weighted by molar-refractivity contribution is 0.126. The fraction of sp³-hybridized carbons (Fsp3) is 1.00. The highest BCUT2D eigenvalue weighted by Gasteiger charge is 2.18. The Balaban J connectivity index is 3.80. The molecule has 0 aromatic carbocycles. The summed E-state index contributed by atoms with van der Waals surface area (Å²) in [6.07, 6.45) is -0.142. The van der Waals surface area contributed by atoms with Crippen molar-refractivity contribution in [1.82, 2.24) is 5.32 Å². The molecule has 0 saturated carbocycles. The first kappa shape index (κ1) is 10.1. The van der Waals surface area contributed by atoms with Crippen molar-refractivity contribution in [1.29, 1.82) is 0 Å². The summed E-state index contributed by atoms with van der Waals surface area (Å²) in [4.78, 5) is 0. The van der Waals surface area contributed by atoms with E-state index in [1.807, 2.05) is 7.05 Å². The zero-order valence-corrected chi connectivity index (χ0v) is 9.39. The van der Waals surface area contributed by atoms with Crippen molar-refractivity contribution in [3.8, 4) is 0 Å². The largest absolute Gasteiger partial charge is 0.392 e. The predicted molar refractivity (Wildman–Crippen MR) is 48.4 cm³/mol. The van der Waals surface area contributed by atoms with Gasteiger partial charge in [0.2, 0.25) is 0 Å². The van der Waals surface area contributed by atoms with Crippen LogP contribution in [0.2, 0.25) is 6.04 Å². The van der Waals surface area contributed by atoms with Crippen LogP contribution >= 0.6 is 0 Å². The SMILES string of the molecule is CN[C@@H](C(C)C)[C@H](O)C[SiH3]. The van der Waals surface area contributed by atoms with Crippen LogP contribution in [0.1, 0.15) is 13.8 Å². The maximum Gasteiger partial charge on any atom is 0.0664 e. The second-order valence-corrected chi connectivity index (χ2v) is 3.85. The lowest BCUT2D eigenvalue weighted by atomic mass is 10.00. The van der Waals surface area contributed by atoms with E-state index >= 15 is 0 Å². The molecule has 0 aromatic heterocycles. The van der Waals surface area contributed by atoms with Crippen LogP contribution in [0.15, 0.2) is 0 Å². The highest BCUT2D eigenvalue weighted by Crippen LogP contribution is 2.07.